The largest absolute Gasteiger partial charge is 0.493 e. The van der Waals surface area contributed by atoms with Gasteiger partial charge in [-0.3, -0.25) is 14.5 Å². The van der Waals surface area contributed by atoms with Crippen molar-refractivity contribution in [3.63, 3.8) is 0 Å². The maximum Gasteiger partial charge on any atom is 0.234 e. The molecule has 2 heterocycles. The number of allylic oxidation sites excluding steroid dienone is 3. The van der Waals surface area contributed by atoms with Crippen molar-refractivity contribution < 1.29 is 19.1 Å². The Balaban J connectivity index is 1.37. The van der Waals surface area contributed by atoms with E-state index >= 15 is 0 Å². The standard InChI is InChI=1S/C29H28N6O4S2/c1-16-7-9-17(10-8-16)25-19(14-30)27(31)35(20-5-4-6-21(36)26(20)25)28-33-34-29(41-28)40-15-24(37)32-18-11-12-22(38-2)23(13-18)39-3/h7-13,25H,4-6,15,31H2,1-3H3,(H,32,37). The lowest BCUT2D eigenvalue weighted by molar-refractivity contribution is -0.116. The average Bonchev–Trinajstić information content (AvgIpc) is 3.44. The number of nitrogens with two attached hydrogens (primary N) is 1. The monoisotopic (exact) mass is 588 g/mol. The molecule has 1 unspecified atom stereocenters. The van der Waals surface area contributed by atoms with Gasteiger partial charge in [-0.15, -0.1) is 10.2 Å². The highest BCUT2D eigenvalue weighted by molar-refractivity contribution is 8.01. The Kier molecular flexibility index (Phi) is 8.28. The van der Waals surface area contributed by atoms with E-state index in [0.29, 0.717) is 57.1 Å². The Bertz CT molecular complexity index is 1610. The molecule has 12 heteroatoms. The van der Waals surface area contributed by atoms with Gasteiger partial charge in [0.2, 0.25) is 11.0 Å². The number of nitrogens with zero attached hydrogens (tertiary/aromatic N) is 4. The molecule has 210 valence electrons. The molecule has 5 rings (SSSR count). The van der Waals surface area contributed by atoms with Crippen molar-refractivity contribution in [2.75, 3.05) is 30.2 Å². The summed E-state index contributed by atoms with van der Waals surface area (Å²) in [5.41, 5.74) is 10.8. The molecule has 3 aromatic rings. The van der Waals surface area contributed by atoms with Crippen LogP contribution in [0, 0.1) is 18.3 Å². The molecular weight excluding hydrogens is 560 g/mol. The highest BCUT2D eigenvalue weighted by atomic mass is 32.2. The molecule has 0 spiro atoms. The fourth-order valence-corrected chi connectivity index (χ4v) is 6.67. The van der Waals surface area contributed by atoms with Crippen molar-refractivity contribution >= 4 is 45.6 Å². The van der Waals surface area contributed by atoms with Crippen LogP contribution in [0.1, 0.15) is 36.3 Å². The van der Waals surface area contributed by atoms with Crippen LogP contribution in [-0.4, -0.2) is 41.9 Å². The number of Topliss-reactive ketones (excluding diaryl/α,β-unsaturated/α-hetero) is 1. The molecule has 1 aliphatic carbocycles. The van der Waals surface area contributed by atoms with Gasteiger partial charge in [-0.05, 0) is 37.5 Å². The van der Waals surface area contributed by atoms with Crippen molar-refractivity contribution in [3.8, 4) is 17.6 Å². The molecule has 41 heavy (non-hydrogen) atoms. The van der Waals surface area contributed by atoms with E-state index in [9.17, 15) is 14.9 Å². The first-order chi connectivity index (χ1) is 19.8. The summed E-state index contributed by atoms with van der Waals surface area (Å²) in [6.07, 6.45) is 1.72. The van der Waals surface area contributed by atoms with Crippen LogP contribution in [0.15, 0.2) is 69.5 Å². The Morgan fingerprint density at radius 3 is 2.63 bits per heavy atom. The van der Waals surface area contributed by atoms with Gasteiger partial charge >= 0.3 is 0 Å². The number of amides is 1. The summed E-state index contributed by atoms with van der Waals surface area (Å²) in [5, 5.41) is 22.0. The van der Waals surface area contributed by atoms with E-state index in [-0.39, 0.29) is 23.3 Å². The molecule has 1 aliphatic heterocycles. The normalized spacial score (nSPS) is 16.8. The van der Waals surface area contributed by atoms with Gasteiger partial charge in [-0.2, -0.15) is 5.26 Å². The summed E-state index contributed by atoms with van der Waals surface area (Å²) in [6, 6.07) is 15.2. The number of thioether (sulfide) groups is 1. The Morgan fingerprint density at radius 1 is 1.17 bits per heavy atom. The lowest BCUT2D eigenvalue weighted by Crippen LogP contribution is -2.38. The molecule has 0 bridgehead atoms. The van der Waals surface area contributed by atoms with Gasteiger partial charge < -0.3 is 20.5 Å². The van der Waals surface area contributed by atoms with Crippen LogP contribution in [0.4, 0.5) is 10.8 Å². The van der Waals surface area contributed by atoms with Crippen molar-refractivity contribution in [2.24, 2.45) is 5.73 Å². The predicted octanol–water partition coefficient (Wildman–Crippen LogP) is 4.90. The number of methoxy groups -OCH3 is 2. The maximum absolute atomic E-state index is 13.3. The SMILES string of the molecule is COc1ccc(NC(=O)CSc2nnc(N3C(N)=C(C#N)C(c4ccc(C)cc4)C4=C3CCCC4=O)s2)cc1OC. The van der Waals surface area contributed by atoms with Crippen LogP contribution in [0.2, 0.25) is 0 Å². The molecule has 1 aromatic heterocycles. The molecular formula is C29H28N6O4S2. The van der Waals surface area contributed by atoms with E-state index in [1.54, 1.807) is 30.2 Å². The van der Waals surface area contributed by atoms with Crippen molar-refractivity contribution in [1.29, 1.82) is 5.26 Å². The first-order valence-corrected chi connectivity index (χ1v) is 14.7. The zero-order valence-electron chi connectivity index (χ0n) is 22.8. The minimum absolute atomic E-state index is 0.00743. The minimum atomic E-state index is -0.526. The summed E-state index contributed by atoms with van der Waals surface area (Å²) < 4.78 is 11.1. The van der Waals surface area contributed by atoms with E-state index in [2.05, 4.69) is 21.6 Å². The number of rotatable bonds is 8. The van der Waals surface area contributed by atoms with Gasteiger partial charge in [0.25, 0.3) is 0 Å². The molecule has 0 saturated heterocycles. The number of hydrogen-bond acceptors (Lipinski definition) is 11. The number of ketones is 1. The van der Waals surface area contributed by atoms with Gasteiger partial charge in [-0.25, -0.2) is 0 Å². The van der Waals surface area contributed by atoms with Crippen LogP contribution in [-0.2, 0) is 9.59 Å². The topological polar surface area (TPSA) is 143 Å². The van der Waals surface area contributed by atoms with Crippen LogP contribution in [0.3, 0.4) is 0 Å². The van der Waals surface area contributed by atoms with Crippen molar-refractivity contribution in [2.45, 2.75) is 36.4 Å². The molecule has 10 nitrogen and oxygen atoms in total. The first-order valence-electron chi connectivity index (χ1n) is 12.9. The number of carbonyl (C=O) groups is 2. The van der Waals surface area contributed by atoms with Crippen LogP contribution >= 0.6 is 23.1 Å². The van der Waals surface area contributed by atoms with Gasteiger partial charge in [-0.1, -0.05) is 52.9 Å². The van der Waals surface area contributed by atoms with Crippen LogP contribution < -0.4 is 25.4 Å². The molecule has 2 aliphatic rings. The Labute approximate surface area is 245 Å². The molecule has 1 atom stereocenters. The van der Waals surface area contributed by atoms with Crippen LogP contribution in [0.25, 0.3) is 0 Å². The Morgan fingerprint density at radius 2 is 1.93 bits per heavy atom. The van der Waals surface area contributed by atoms with E-state index in [1.165, 1.54) is 30.2 Å². The molecule has 1 amide bonds. The van der Waals surface area contributed by atoms with Gasteiger partial charge in [0, 0.05) is 29.4 Å². The number of nitriles is 1. The minimum Gasteiger partial charge on any atom is -0.493 e. The molecule has 0 saturated carbocycles. The summed E-state index contributed by atoms with van der Waals surface area (Å²) in [6.45, 7) is 1.99. The lowest BCUT2D eigenvalue weighted by atomic mass is 9.75. The van der Waals surface area contributed by atoms with E-state index in [0.717, 1.165) is 16.8 Å². The molecule has 0 radical (unpaired) electrons. The first kappa shape index (κ1) is 28.2. The highest BCUT2D eigenvalue weighted by Gasteiger charge is 2.41. The summed E-state index contributed by atoms with van der Waals surface area (Å²) in [5.74, 6) is 0.664. The number of anilines is 2. The average molecular weight is 589 g/mol. The fraction of sp³-hybridized carbons (Fsp3) is 0.276. The fourth-order valence-electron chi connectivity index (χ4n) is 4.99. The third-order valence-corrected chi connectivity index (χ3v) is 8.95. The van der Waals surface area contributed by atoms with Crippen molar-refractivity contribution in [3.05, 3.63) is 76.3 Å². The van der Waals surface area contributed by atoms with E-state index in [4.69, 9.17) is 15.2 Å². The zero-order valence-corrected chi connectivity index (χ0v) is 24.4. The number of aromatic nitrogens is 2. The van der Waals surface area contributed by atoms with Crippen molar-refractivity contribution in [1.82, 2.24) is 10.2 Å². The third kappa shape index (κ3) is 5.64. The Hall–Kier alpha value is -4.34. The smallest absolute Gasteiger partial charge is 0.234 e. The third-order valence-electron chi connectivity index (χ3n) is 6.91. The predicted molar refractivity (Wildman–Crippen MR) is 158 cm³/mol. The molecule has 3 N–H and O–H groups in total. The summed E-state index contributed by atoms with van der Waals surface area (Å²) in [7, 11) is 3.07. The number of hydrogen-bond donors (Lipinski definition) is 2. The number of carbonyl (C=O) groups excluding carboxylic acids is 2. The number of aryl methyl sites for hydroxylation is 1. The van der Waals surface area contributed by atoms with E-state index in [1.807, 2.05) is 31.2 Å². The highest BCUT2D eigenvalue weighted by Crippen LogP contribution is 2.47. The maximum atomic E-state index is 13.3. The second kappa shape index (κ2) is 12.0. The summed E-state index contributed by atoms with van der Waals surface area (Å²) >= 11 is 2.48. The second-order valence-corrected chi connectivity index (χ2v) is 11.7. The number of benzene rings is 2. The van der Waals surface area contributed by atoms with E-state index < -0.39 is 5.92 Å². The lowest BCUT2D eigenvalue weighted by Gasteiger charge is -2.38. The van der Waals surface area contributed by atoms with Crippen LogP contribution in [0.5, 0.6) is 11.5 Å². The molecule has 0 fully saturated rings. The quantitative estimate of drug-likeness (QED) is 0.349. The second-order valence-electron chi connectivity index (χ2n) is 9.48. The van der Waals surface area contributed by atoms with Gasteiger partial charge in [0.15, 0.2) is 21.6 Å². The van der Waals surface area contributed by atoms with Gasteiger partial charge in [0.1, 0.15) is 5.82 Å². The number of ether oxygens (including phenoxy) is 2. The number of nitrogens with one attached hydrogen (secondary N) is 1. The van der Waals surface area contributed by atoms with Gasteiger partial charge in [0.05, 0.1) is 37.5 Å². The molecule has 2 aromatic carbocycles. The summed E-state index contributed by atoms with van der Waals surface area (Å²) in [4.78, 5) is 27.6. The zero-order chi connectivity index (χ0) is 29.1.